The van der Waals surface area contributed by atoms with Gasteiger partial charge in [0.1, 0.15) is 0 Å². The minimum absolute atomic E-state index is 0.368. The van der Waals surface area contributed by atoms with Gasteiger partial charge in [-0.3, -0.25) is 10.1 Å². The van der Waals surface area contributed by atoms with Crippen molar-refractivity contribution in [2.75, 3.05) is 0 Å². The lowest BCUT2D eigenvalue weighted by molar-refractivity contribution is 0.0964. The summed E-state index contributed by atoms with van der Waals surface area (Å²) < 4.78 is 0.611. The molecule has 0 radical (unpaired) electrons. The lowest BCUT2D eigenvalue weighted by Crippen LogP contribution is -2.35. The highest BCUT2D eigenvalue weighted by Gasteiger charge is 2.11. The van der Waals surface area contributed by atoms with Crippen molar-refractivity contribution in [3.63, 3.8) is 0 Å². The summed E-state index contributed by atoms with van der Waals surface area (Å²) in [5.74, 6) is -0.518. The van der Waals surface area contributed by atoms with Gasteiger partial charge in [0.15, 0.2) is 0 Å². The minimum Gasteiger partial charge on any atom is -0.273 e. The molecule has 1 aromatic carbocycles. The Balaban J connectivity index is 2.80. The van der Waals surface area contributed by atoms with Crippen molar-refractivity contribution in [3.05, 3.63) is 34.3 Å². The number of hydrogen-bond donors (Lipinski definition) is 2. The number of carbonyl (C=O) groups is 2. The third-order valence-corrected chi connectivity index (χ3v) is 2.29. The Labute approximate surface area is 93.9 Å². The van der Waals surface area contributed by atoms with Gasteiger partial charge in [-0.15, -0.1) is 0 Å². The van der Waals surface area contributed by atoms with E-state index >= 15 is 0 Å². The Morgan fingerprint density at radius 3 is 2.50 bits per heavy atom. The zero-order valence-corrected chi connectivity index (χ0v) is 9.22. The van der Waals surface area contributed by atoms with Gasteiger partial charge in [0, 0.05) is 16.2 Å². The fourth-order valence-corrected chi connectivity index (χ4v) is 1.35. The first kappa shape index (κ1) is 11.0. The Hall–Kier alpha value is -1.07. The average Bonchev–Trinajstić information content (AvgIpc) is 2.18. The van der Waals surface area contributed by atoms with Crippen LogP contribution in [0.25, 0.3) is 0 Å². The monoisotopic (exact) mass is 276 g/mol. The van der Waals surface area contributed by atoms with E-state index in [4.69, 9.17) is 11.8 Å². The summed E-state index contributed by atoms with van der Waals surface area (Å²) in [5.41, 5.74) is 0.368. The number of amides is 3. The van der Waals surface area contributed by atoms with Crippen molar-refractivity contribution >= 4 is 39.6 Å². The fourth-order valence-electron chi connectivity index (χ4n) is 0.839. The van der Waals surface area contributed by atoms with E-state index in [0.717, 1.165) is 0 Å². The van der Waals surface area contributed by atoms with Crippen LogP contribution in [-0.4, -0.2) is 11.9 Å². The quantitative estimate of drug-likeness (QED) is 0.772. The molecule has 0 bridgehead atoms. The summed E-state index contributed by atoms with van der Waals surface area (Å²) >= 11 is 8.18. The molecule has 14 heavy (non-hydrogen) atoms. The number of imide groups is 1. The van der Waals surface area contributed by atoms with Gasteiger partial charge in [0.25, 0.3) is 5.91 Å². The van der Waals surface area contributed by atoms with Crippen LogP contribution in [0.15, 0.2) is 28.7 Å². The van der Waals surface area contributed by atoms with E-state index in [-0.39, 0.29) is 0 Å². The summed E-state index contributed by atoms with van der Waals surface area (Å²) in [5, 5.41) is 2.04. The summed E-state index contributed by atoms with van der Waals surface area (Å²) in [6.07, 6.45) is 0. The molecule has 0 spiro atoms. The van der Waals surface area contributed by atoms with Gasteiger partial charge < -0.3 is 0 Å². The molecular formula is C8H6BrClN2O2. The van der Waals surface area contributed by atoms with E-state index in [0.29, 0.717) is 10.0 Å². The standard InChI is InChI=1S/C8H6BrClN2O2/c9-6-4-2-1-3-5(6)7(13)11-8(14)12-10/h1-4H,(H2,11,12,13,14). The van der Waals surface area contributed by atoms with Gasteiger partial charge in [-0.1, -0.05) is 12.1 Å². The van der Waals surface area contributed by atoms with Crippen LogP contribution in [0.1, 0.15) is 10.4 Å². The average molecular weight is 278 g/mol. The molecule has 4 nitrogen and oxygen atoms in total. The maximum absolute atomic E-state index is 11.4. The molecule has 0 atom stereocenters. The first-order valence-corrected chi connectivity index (χ1v) is 4.78. The first-order chi connectivity index (χ1) is 6.65. The normalized spacial score (nSPS) is 9.29. The van der Waals surface area contributed by atoms with Gasteiger partial charge in [0.05, 0.1) is 5.56 Å². The Morgan fingerprint density at radius 1 is 1.29 bits per heavy atom. The third-order valence-electron chi connectivity index (χ3n) is 1.43. The van der Waals surface area contributed by atoms with Crippen molar-refractivity contribution in [2.24, 2.45) is 0 Å². The van der Waals surface area contributed by atoms with Gasteiger partial charge in [-0.05, 0) is 28.1 Å². The van der Waals surface area contributed by atoms with Gasteiger partial charge in [-0.25, -0.2) is 9.63 Å². The van der Waals surface area contributed by atoms with Gasteiger partial charge in [-0.2, -0.15) is 0 Å². The third kappa shape index (κ3) is 2.71. The van der Waals surface area contributed by atoms with Crippen LogP contribution in [0, 0.1) is 0 Å². The van der Waals surface area contributed by atoms with Gasteiger partial charge in [0.2, 0.25) is 0 Å². The second kappa shape index (κ2) is 4.97. The minimum atomic E-state index is -0.757. The van der Waals surface area contributed by atoms with Crippen LogP contribution in [0.4, 0.5) is 4.79 Å². The van der Waals surface area contributed by atoms with Crippen LogP contribution in [-0.2, 0) is 0 Å². The molecule has 0 aliphatic carbocycles. The predicted octanol–water partition coefficient (Wildman–Crippen LogP) is 2.04. The molecular weight excluding hydrogens is 271 g/mol. The second-order valence-electron chi connectivity index (χ2n) is 2.36. The zero-order chi connectivity index (χ0) is 10.6. The Kier molecular flexibility index (Phi) is 3.91. The second-order valence-corrected chi connectivity index (χ2v) is 3.40. The molecule has 0 aliphatic rings. The van der Waals surface area contributed by atoms with E-state index in [1.165, 1.54) is 0 Å². The van der Waals surface area contributed by atoms with Crippen molar-refractivity contribution in [2.45, 2.75) is 0 Å². The molecule has 0 fully saturated rings. The van der Waals surface area contributed by atoms with E-state index < -0.39 is 11.9 Å². The lowest BCUT2D eigenvalue weighted by atomic mass is 10.2. The molecule has 0 unspecified atom stereocenters. The number of carbonyl (C=O) groups excluding carboxylic acids is 2. The van der Waals surface area contributed by atoms with Crippen molar-refractivity contribution in [3.8, 4) is 0 Å². The summed E-state index contributed by atoms with van der Waals surface area (Å²) in [6, 6.07) is 5.99. The molecule has 74 valence electrons. The molecule has 0 saturated carbocycles. The van der Waals surface area contributed by atoms with Crippen molar-refractivity contribution < 1.29 is 9.59 Å². The SMILES string of the molecule is O=C(NCl)NC(=O)c1ccccc1Br. The lowest BCUT2D eigenvalue weighted by Gasteiger charge is -2.03. The largest absolute Gasteiger partial charge is 0.336 e. The predicted molar refractivity (Wildman–Crippen MR) is 56.0 cm³/mol. The molecule has 1 aromatic rings. The summed E-state index contributed by atoms with van der Waals surface area (Å²) in [6.45, 7) is 0. The number of hydrogen-bond acceptors (Lipinski definition) is 2. The van der Waals surface area contributed by atoms with Crippen LogP contribution >= 0.6 is 27.7 Å². The summed E-state index contributed by atoms with van der Waals surface area (Å²) in [7, 11) is 0. The van der Waals surface area contributed by atoms with Crippen molar-refractivity contribution in [1.82, 2.24) is 10.2 Å². The molecule has 0 aromatic heterocycles. The fraction of sp³-hybridized carbons (Fsp3) is 0. The van der Waals surface area contributed by atoms with E-state index in [9.17, 15) is 9.59 Å². The molecule has 6 heteroatoms. The molecule has 3 amide bonds. The first-order valence-electron chi connectivity index (χ1n) is 3.61. The van der Waals surface area contributed by atoms with E-state index in [1.807, 2.05) is 5.32 Å². The number of nitrogens with one attached hydrogen (secondary N) is 2. The smallest absolute Gasteiger partial charge is 0.273 e. The van der Waals surface area contributed by atoms with E-state index in [2.05, 4.69) is 15.9 Å². The number of rotatable bonds is 1. The Bertz CT molecular complexity index is 370. The van der Waals surface area contributed by atoms with Crippen LogP contribution in [0.5, 0.6) is 0 Å². The number of halogens is 2. The molecule has 0 saturated heterocycles. The molecule has 0 aliphatic heterocycles. The van der Waals surface area contributed by atoms with Crippen LogP contribution < -0.4 is 10.2 Å². The summed E-state index contributed by atoms with van der Waals surface area (Å²) in [4.78, 5) is 23.9. The zero-order valence-electron chi connectivity index (χ0n) is 6.88. The maximum Gasteiger partial charge on any atom is 0.336 e. The molecule has 2 N–H and O–H groups in total. The highest BCUT2D eigenvalue weighted by molar-refractivity contribution is 9.10. The van der Waals surface area contributed by atoms with Crippen LogP contribution in [0.3, 0.4) is 0 Å². The van der Waals surface area contributed by atoms with Crippen LogP contribution in [0.2, 0.25) is 0 Å². The highest BCUT2D eigenvalue weighted by atomic mass is 79.9. The topological polar surface area (TPSA) is 58.2 Å². The highest BCUT2D eigenvalue weighted by Crippen LogP contribution is 2.15. The maximum atomic E-state index is 11.4. The molecule has 0 heterocycles. The van der Waals surface area contributed by atoms with Gasteiger partial charge >= 0.3 is 6.03 Å². The number of benzene rings is 1. The molecule has 1 rings (SSSR count). The van der Waals surface area contributed by atoms with E-state index in [1.54, 1.807) is 29.1 Å². The van der Waals surface area contributed by atoms with Crippen molar-refractivity contribution in [1.29, 1.82) is 0 Å². The Morgan fingerprint density at radius 2 is 1.93 bits per heavy atom. The number of urea groups is 1.